The third-order valence-electron chi connectivity index (χ3n) is 12.9. The van der Waals surface area contributed by atoms with Crippen LogP contribution in [0.3, 0.4) is 0 Å². The summed E-state index contributed by atoms with van der Waals surface area (Å²) in [4.78, 5) is 38.6. The third-order valence-corrected chi connectivity index (χ3v) is 12.9. The monoisotopic (exact) mass is 542 g/mol. The fraction of sp³-hybridized carbons (Fsp3) is 0.781. The molecule has 0 saturated heterocycles. The number of carboxylic acid groups (broad SMARTS) is 1. The van der Waals surface area contributed by atoms with Crippen molar-refractivity contribution in [2.75, 3.05) is 0 Å². The lowest BCUT2D eigenvalue weighted by Gasteiger charge is -2.65. The van der Waals surface area contributed by atoms with E-state index in [0.29, 0.717) is 44.1 Å². The summed E-state index contributed by atoms with van der Waals surface area (Å²) < 4.78 is 0. The molecule has 4 N–H and O–H groups in total. The summed E-state index contributed by atoms with van der Waals surface area (Å²) in [6.45, 7) is 11.7. The minimum Gasteiger partial charge on any atom is -0.478 e. The first-order valence-corrected chi connectivity index (χ1v) is 14.8. The molecule has 7 nitrogen and oxygen atoms in total. The largest absolute Gasteiger partial charge is 0.478 e. The highest BCUT2D eigenvalue weighted by molar-refractivity contribution is 6.01. The zero-order valence-corrected chi connectivity index (χ0v) is 24.3. The number of carbonyl (C=O) groups is 3. The first-order chi connectivity index (χ1) is 18.0. The molecule has 0 amide bonds. The Hall–Kier alpha value is -1.83. The van der Waals surface area contributed by atoms with E-state index in [4.69, 9.17) is 0 Å². The lowest BCUT2D eigenvalue weighted by Crippen LogP contribution is -2.63. The maximum atomic E-state index is 14.4. The van der Waals surface area contributed by atoms with Crippen LogP contribution in [0, 0.1) is 38.9 Å². The average molecular weight is 543 g/mol. The van der Waals surface area contributed by atoms with Crippen molar-refractivity contribution >= 4 is 17.5 Å². The van der Waals surface area contributed by atoms with Gasteiger partial charge in [0.2, 0.25) is 0 Å². The second kappa shape index (κ2) is 8.83. The van der Waals surface area contributed by atoms with Crippen molar-refractivity contribution in [3.8, 4) is 0 Å². The van der Waals surface area contributed by atoms with Crippen LogP contribution in [0.4, 0.5) is 0 Å². The Morgan fingerprint density at radius 3 is 2.41 bits per heavy atom. The van der Waals surface area contributed by atoms with Gasteiger partial charge in [0, 0.05) is 40.2 Å². The van der Waals surface area contributed by atoms with Crippen LogP contribution in [0.2, 0.25) is 0 Å². The zero-order chi connectivity index (χ0) is 28.9. The van der Waals surface area contributed by atoms with Crippen LogP contribution in [0.15, 0.2) is 22.8 Å². The summed E-state index contributed by atoms with van der Waals surface area (Å²) >= 11 is 0. The average Bonchev–Trinajstić information content (AvgIpc) is 2.92. The fourth-order valence-electron chi connectivity index (χ4n) is 10.9. The second-order valence-electron chi connectivity index (χ2n) is 14.6. The third kappa shape index (κ3) is 3.48. The quantitative estimate of drug-likeness (QED) is 0.379. The molecule has 3 fully saturated rings. The van der Waals surface area contributed by atoms with Crippen LogP contribution >= 0.6 is 0 Å². The highest BCUT2D eigenvalue weighted by Crippen LogP contribution is 2.79. The maximum Gasteiger partial charge on any atom is 0.331 e. The predicted molar refractivity (Wildman–Crippen MR) is 146 cm³/mol. The highest BCUT2D eigenvalue weighted by atomic mass is 16.4. The van der Waals surface area contributed by atoms with Gasteiger partial charge in [-0.25, -0.2) is 4.79 Å². The number of hydrogen-bond donors (Lipinski definition) is 4. The minimum atomic E-state index is -1.07. The molecule has 3 saturated carbocycles. The van der Waals surface area contributed by atoms with Gasteiger partial charge in [0.15, 0.2) is 5.78 Å². The molecule has 0 unspecified atom stereocenters. The smallest absolute Gasteiger partial charge is 0.331 e. The fourth-order valence-corrected chi connectivity index (χ4v) is 10.9. The SMILES string of the molecule is C/C(=C\[C@@H](O)C[C@@H](C)[C@]12CCC[C@@]3(C4=C(C(=O)C[C@]13C)[C@@]1(C)CCC(=O)C(C)(C)[C@H]1C[C@H]4O)[C@@H](O)C2)C(=O)O. The molecule has 216 valence electrons. The van der Waals surface area contributed by atoms with Crippen LogP contribution in [-0.4, -0.2) is 56.3 Å². The summed E-state index contributed by atoms with van der Waals surface area (Å²) in [5.41, 5.74) is -1.42. The van der Waals surface area contributed by atoms with E-state index in [-0.39, 0.29) is 35.4 Å². The van der Waals surface area contributed by atoms with Crippen molar-refractivity contribution in [2.24, 2.45) is 38.9 Å². The minimum absolute atomic E-state index is 0.0364. The van der Waals surface area contributed by atoms with E-state index in [1.54, 1.807) is 0 Å². The Bertz CT molecular complexity index is 1180. The van der Waals surface area contributed by atoms with Crippen LogP contribution in [0.1, 0.15) is 99.3 Å². The van der Waals surface area contributed by atoms with Gasteiger partial charge < -0.3 is 20.4 Å². The summed E-state index contributed by atoms with van der Waals surface area (Å²) in [5, 5.41) is 44.0. The zero-order valence-electron chi connectivity index (χ0n) is 24.3. The van der Waals surface area contributed by atoms with Gasteiger partial charge in [-0.1, -0.05) is 41.0 Å². The van der Waals surface area contributed by atoms with Gasteiger partial charge in [-0.15, -0.1) is 0 Å². The number of fused-ring (bicyclic) bond motifs is 2. The lowest BCUT2D eigenvalue weighted by atomic mass is 9.38. The number of aliphatic hydroxyl groups is 3. The Kier molecular flexibility index (Phi) is 6.50. The molecule has 5 aliphatic rings. The van der Waals surface area contributed by atoms with Gasteiger partial charge in [0.25, 0.3) is 0 Å². The van der Waals surface area contributed by atoms with Crippen molar-refractivity contribution in [3.05, 3.63) is 22.8 Å². The maximum absolute atomic E-state index is 14.4. The van der Waals surface area contributed by atoms with Crippen molar-refractivity contribution in [1.29, 1.82) is 0 Å². The number of ketones is 2. The molecule has 0 aromatic carbocycles. The molecule has 9 atom stereocenters. The highest BCUT2D eigenvalue weighted by Gasteiger charge is 2.77. The van der Waals surface area contributed by atoms with Gasteiger partial charge in [-0.05, 0) is 79.8 Å². The van der Waals surface area contributed by atoms with E-state index >= 15 is 0 Å². The van der Waals surface area contributed by atoms with Crippen molar-refractivity contribution in [3.63, 3.8) is 0 Å². The molecule has 0 radical (unpaired) electrons. The molecular weight excluding hydrogens is 496 g/mol. The summed E-state index contributed by atoms with van der Waals surface area (Å²) in [7, 11) is 0. The number of aliphatic hydroxyl groups excluding tert-OH is 3. The normalized spacial score (nSPS) is 44.8. The number of allylic oxidation sites excluding steroid dienone is 1. The molecule has 0 heterocycles. The van der Waals surface area contributed by atoms with Crippen LogP contribution < -0.4 is 0 Å². The number of hydrogen-bond acceptors (Lipinski definition) is 6. The van der Waals surface area contributed by atoms with E-state index in [9.17, 15) is 34.8 Å². The van der Waals surface area contributed by atoms with Crippen molar-refractivity contribution < 1.29 is 34.8 Å². The molecule has 0 aromatic heterocycles. The van der Waals surface area contributed by atoms with E-state index < -0.39 is 51.4 Å². The number of carbonyl (C=O) groups excluding carboxylic acids is 2. The number of rotatable bonds is 5. The van der Waals surface area contributed by atoms with Crippen LogP contribution in [0.25, 0.3) is 0 Å². The Labute approximate surface area is 231 Å². The van der Waals surface area contributed by atoms with Gasteiger partial charge >= 0.3 is 5.97 Å². The molecule has 0 aliphatic heterocycles. The standard InChI is InChI=1S/C32H46O7/c1-17(27(38)39)12-19(33)13-18(2)31-9-7-10-32(24(37)16-31)26-20(34)14-22-28(3,4)23(36)8-11-29(22,5)25(26)21(35)15-30(31,32)6/h12,18-20,22,24,33-34,37H,7-11,13-16H2,1-6H3,(H,38,39)/b17-12+/t18-,19-,20-,22-,24+,29+,30-,31-,32+/m1/s1. The summed E-state index contributed by atoms with van der Waals surface area (Å²) in [6, 6.07) is 0. The Balaban J connectivity index is 1.63. The van der Waals surface area contributed by atoms with Crippen molar-refractivity contribution in [2.45, 2.75) is 118 Å². The van der Waals surface area contributed by atoms with E-state index in [0.717, 1.165) is 18.4 Å². The number of Topliss-reactive ketones (excluding diaryl/α,β-unsaturated/α-hetero) is 2. The molecule has 5 aliphatic carbocycles. The first kappa shape index (κ1) is 28.7. The molecular formula is C32H46O7. The number of aliphatic carboxylic acids is 1. The van der Waals surface area contributed by atoms with Gasteiger partial charge in [-0.2, -0.15) is 0 Å². The Morgan fingerprint density at radius 1 is 1.10 bits per heavy atom. The molecule has 2 bridgehead atoms. The van der Waals surface area contributed by atoms with Crippen molar-refractivity contribution in [1.82, 2.24) is 0 Å². The van der Waals surface area contributed by atoms with Crippen LogP contribution in [0.5, 0.6) is 0 Å². The molecule has 7 heteroatoms. The molecule has 0 spiro atoms. The second-order valence-corrected chi connectivity index (χ2v) is 14.6. The molecule has 5 rings (SSSR count). The van der Waals surface area contributed by atoms with Crippen LogP contribution in [-0.2, 0) is 14.4 Å². The van der Waals surface area contributed by atoms with E-state index in [1.165, 1.54) is 13.0 Å². The summed E-state index contributed by atoms with van der Waals surface area (Å²) in [5.74, 6) is -1.07. The summed E-state index contributed by atoms with van der Waals surface area (Å²) in [6.07, 6.45) is 3.67. The van der Waals surface area contributed by atoms with Gasteiger partial charge in [0.1, 0.15) is 5.78 Å². The lowest BCUT2D eigenvalue weighted by molar-refractivity contribution is -0.155. The van der Waals surface area contributed by atoms with E-state index in [1.807, 2.05) is 13.8 Å². The van der Waals surface area contributed by atoms with E-state index in [2.05, 4.69) is 20.8 Å². The molecule has 39 heavy (non-hydrogen) atoms. The topological polar surface area (TPSA) is 132 Å². The number of carboxylic acids is 1. The molecule has 0 aromatic rings. The Morgan fingerprint density at radius 2 is 1.77 bits per heavy atom. The first-order valence-electron chi connectivity index (χ1n) is 14.8. The predicted octanol–water partition coefficient (Wildman–Crippen LogP) is 4.38. The van der Waals surface area contributed by atoms with Gasteiger partial charge in [-0.3, -0.25) is 9.59 Å². The van der Waals surface area contributed by atoms with Gasteiger partial charge in [0.05, 0.1) is 18.3 Å².